The largest absolute Gasteiger partial charge is 0.506 e. The Kier molecular flexibility index (Phi) is 6.28. The smallest absolute Gasteiger partial charge is 0.277 e. The van der Waals surface area contributed by atoms with Gasteiger partial charge < -0.3 is 9.84 Å². The van der Waals surface area contributed by atoms with Gasteiger partial charge in [0.2, 0.25) is 0 Å². The van der Waals surface area contributed by atoms with Gasteiger partial charge in [0.1, 0.15) is 11.5 Å². The van der Waals surface area contributed by atoms with E-state index in [1.165, 1.54) is 12.1 Å². The van der Waals surface area contributed by atoms with Gasteiger partial charge in [-0.2, -0.15) is 5.10 Å². The summed E-state index contributed by atoms with van der Waals surface area (Å²) in [5.74, 6) is 0.0480. The summed E-state index contributed by atoms with van der Waals surface area (Å²) in [4.78, 5) is 11.9. The minimum absolute atomic E-state index is 0.113. The molecule has 0 aromatic heterocycles. The van der Waals surface area contributed by atoms with Crippen LogP contribution in [0.5, 0.6) is 11.5 Å². The molecule has 2 aromatic carbocycles. The molecule has 1 amide bonds. The van der Waals surface area contributed by atoms with E-state index < -0.39 is 5.91 Å². The van der Waals surface area contributed by atoms with Crippen molar-refractivity contribution in [2.45, 2.75) is 20.8 Å². The number of nitrogens with one attached hydrogen (secondary N) is 1. The molecule has 0 saturated carbocycles. The van der Waals surface area contributed by atoms with Gasteiger partial charge in [-0.15, -0.1) is 0 Å². The second-order valence-corrected chi connectivity index (χ2v) is 6.47. The zero-order valence-electron chi connectivity index (χ0n) is 14.1. The van der Waals surface area contributed by atoms with Crippen LogP contribution in [-0.2, 0) is 4.79 Å². The maximum Gasteiger partial charge on any atom is 0.277 e. The van der Waals surface area contributed by atoms with Crippen LogP contribution in [0.2, 0.25) is 10.0 Å². The number of hydrogen-bond acceptors (Lipinski definition) is 4. The van der Waals surface area contributed by atoms with E-state index in [4.69, 9.17) is 27.9 Å². The van der Waals surface area contributed by atoms with Crippen molar-refractivity contribution in [3.8, 4) is 11.5 Å². The summed E-state index contributed by atoms with van der Waals surface area (Å²) in [6.07, 6.45) is 0. The minimum atomic E-state index is -0.425. The molecule has 25 heavy (non-hydrogen) atoms. The molecule has 0 heterocycles. The Labute approximate surface area is 156 Å². The highest BCUT2D eigenvalue weighted by molar-refractivity contribution is 6.36. The number of benzene rings is 2. The average Bonchev–Trinajstić information content (AvgIpc) is 2.53. The average molecular weight is 381 g/mol. The molecule has 0 aliphatic rings. The second kappa shape index (κ2) is 8.23. The molecular formula is C18H18Cl2N2O3. The Morgan fingerprint density at radius 1 is 1.16 bits per heavy atom. The van der Waals surface area contributed by atoms with Crippen LogP contribution in [0.1, 0.15) is 23.6 Å². The van der Waals surface area contributed by atoms with E-state index in [0.717, 1.165) is 11.1 Å². The van der Waals surface area contributed by atoms with E-state index >= 15 is 0 Å². The molecule has 2 N–H and O–H groups in total. The zero-order valence-corrected chi connectivity index (χ0v) is 15.6. The summed E-state index contributed by atoms with van der Waals surface area (Å²) in [7, 11) is 0. The molecule has 5 nitrogen and oxygen atoms in total. The van der Waals surface area contributed by atoms with Crippen molar-refractivity contribution in [3.05, 3.63) is 57.1 Å². The molecular weight excluding hydrogens is 363 g/mol. The van der Waals surface area contributed by atoms with Crippen molar-refractivity contribution in [2.24, 2.45) is 5.10 Å². The molecule has 132 valence electrons. The number of nitrogens with zero attached hydrogens (tertiary/aromatic N) is 1. The molecule has 0 fully saturated rings. The minimum Gasteiger partial charge on any atom is -0.506 e. The second-order valence-electron chi connectivity index (χ2n) is 5.63. The number of carbonyl (C=O) groups excluding carboxylic acids is 1. The summed E-state index contributed by atoms with van der Waals surface area (Å²) in [6, 6.07) is 8.65. The first-order valence-corrected chi connectivity index (χ1v) is 8.24. The van der Waals surface area contributed by atoms with Gasteiger partial charge >= 0.3 is 0 Å². The maximum absolute atomic E-state index is 11.9. The number of halogens is 2. The molecule has 2 aromatic rings. The molecule has 0 bridgehead atoms. The van der Waals surface area contributed by atoms with Crippen molar-refractivity contribution in [1.29, 1.82) is 0 Å². The molecule has 0 atom stereocenters. The molecule has 0 unspecified atom stereocenters. The topological polar surface area (TPSA) is 70.9 Å². The van der Waals surface area contributed by atoms with Gasteiger partial charge in [-0.05, 0) is 56.2 Å². The first-order valence-electron chi connectivity index (χ1n) is 7.49. The highest BCUT2D eigenvalue weighted by Gasteiger charge is 2.11. The van der Waals surface area contributed by atoms with E-state index in [1.54, 1.807) is 6.92 Å². The fraction of sp³-hybridized carbons (Fsp3) is 0.222. The Hall–Kier alpha value is -2.24. The predicted molar refractivity (Wildman–Crippen MR) is 99.9 cm³/mol. The summed E-state index contributed by atoms with van der Waals surface area (Å²) < 4.78 is 5.46. The number of rotatable bonds is 5. The van der Waals surface area contributed by atoms with E-state index in [1.807, 2.05) is 32.0 Å². The van der Waals surface area contributed by atoms with Crippen molar-refractivity contribution < 1.29 is 14.6 Å². The number of ether oxygens (including phenoxy) is 1. The molecule has 2 rings (SSSR count). The Balaban J connectivity index is 2.00. The lowest BCUT2D eigenvalue weighted by molar-refractivity contribution is -0.123. The third-order valence-electron chi connectivity index (χ3n) is 3.33. The van der Waals surface area contributed by atoms with Crippen LogP contribution in [0.4, 0.5) is 0 Å². The number of aromatic hydroxyl groups is 1. The van der Waals surface area contributed by atoms with Gasteiger partial charge in [-0.3, -0.25) is 4.79 Å². The van der Waals surface area contributed by atoms with E-state index in [-0.39, 0.29) is 17.4 Å². The van der Waals surface area contributed by atoms with Crippen LogP contribution in [0.3, 0.4) is 0 Å². The van der Waals surface area contributed by atoms with Crippen molar-refractivity contribution in [1.82, 2.24) is 5.43 Å². The fourth-order valence-electron chi connectivity index (χ4n) is 2.25. The van der Waals surface area contributed by atoms with Crippen LogP contribution >= 0.6 is 23.2 Å². The van der Waals surface area contributed by atoms with E-state index in [0.29, 0.717) is 22.0 Å². The number of aryl methyl sites for hydroxylation is 2. The first-order chi connectivity index (χ1) is 11.8. The third-order valence-corrected chi connectivity index (χ3v) is 3.84. The lowest BCUT2D eigenvalue weighted by Gasteiger charge is -2.09. The van der Waals surface area contributed by atoms with Gasteiger partial charge in [0, 0.05) is 10.6 Å². The summed E-state index contributed by atoms with van der Waals surface area (Å²) in [5.41, 5.74) is 5.18. The van der Waals surface area contributed by atoms with Crippen molar-refractivity contribution >= 4 is 34.8 Å². The van der Waals surface area contributed by atoms with Gasteiger partial charge in [-0.1, -0.05) is 29.3 Å². The van der Waals surface area contributed by atoms with Crippen molar-refractivity contribution in [2.75, 3.05) is 6.61 Å². The van der Waals surface area contributed by atoms with E-state index in [9.17, 15) is 9.90 Å². The standard InChI is InChI=1S/C18H18Cl2N2O3/c1-10-4-11(2)6-14(5-10)25-9-17(23)22-21-12(3)15-7-13(19)8-16(20)18(15)24/h4-8,24H,9H2,1-3H3,(H,22,23)/b21-12+. The molecule has 0 spiro atoms. The Bertz CT molecular complexity index is 815. The number of phenolic OH excluding ortho intramolecular Hbond substituents is 1. The highest BCUT2D eigenvalue weighted by Crippen LogP contribution is 2.31. The molecule has 7 heteroatoms. The van der Waals surface area contributed by atoms with Crippen LogP contribution in [0.15, 0.2) is 35.4 Å². The quantitative estimate of drug-likeness (QED) is 0.601. The zero-order chi connectivity index (χ0) is 18.6. The Morgan fingerprint density at radius 2 is 1.80 bits per heavy atom. The summed E-state index contributed by atoms with van der Waals surface area (Å²) in [5, 5.41) is 14.4. The normalized spacial score (nSPS) is 11.3. The predicted octanol–water partition coefficient (Wildman–Crippen LogP) is 4.24. The van der Waals surface area contributed by atoms with E-state index in [2.05, 4.69) is 10.5 Å². The highest BCUT2D eigenvalue weighted by atomic mass is 35.5. The van der Waals surface area contributed by atoms with Crippen LogP contribution in [-0.4, -0.2) is 23.3 Å². The Morgan fingerprint density at radius 3 is 2.44 bits per heavy atom. The molecule has 0 radical (unpaired) electrons. The van der Waals surface area contributed by atoms with Gasteiger partial charge in [-0.25, -0.2) is 5.43 Å². The van der Waals surface area contributed by atoms with Crippen LogP contribution in [0.25, 0.3) is 0 Å². The number of amides is 1. The monoisotopic (exact) mass is 380 g/mol. The lowest BCUT2D eigenvalue weighted by atomic mass is 10.1. The van der Waals surface area contributed by atoms with Crippen molar-refractivity contribution in [3.63, 3.8) is 0 Å². The summed E-state index contributed by atoms with van der Waals surface area (Å²) >= 11 is 11.8. The van der Waals surface area contributed by atoms with Gasteiger partial charge in [0.15, 0.2) is 6.61 Å². The number of phenols is 1. The third kappa shape index (κ3) is 5.37. The fourth-order valence-corrected chi connectivity index (χ4v) is 2.74. The first kappa shape index (κ1) is 19.1. The van der Waals surface area contributed by atoms with Gasteiger partial charge in [0.25, 0.3) is 5.91 Å². The molecule has 0 saturated heterocycles. The number of carbonyl (C=O) groups is 1. The maximum atomic E-state index is 11.9. The lowest BCUT2D eigenvalue weighted by Crippen LogP contribution is -2.25. The van der Waals surface area contributed by atoms with Crippen LogP contribution < -0.4 is 10.2 Å². The SMILES string of the molecule is C/C(=N\NC(=O)COc1cc(C)cc(C)c1)c1cc(Cl)cc(Cl)c1O. The number of hydrogen-bond donors (Lipinski definition) is 2. The number of hydrazone groups is 1. The molecule has 0 aliphatic heterocycles. The summed E-state index contributed by atoms with van der Waals surface area (Å²) in [6.45, 7) is 5.35. The molecule has 0 aliphatic carbocycles. The van der Waals surface area contributed by atoms with Crippen LogP contribution in [0, 0.1) is 13.8 Å². The van der Waals surface area contributed by atoms with Gasteiger partial charge in [0.05, 0.1) is 10.7 Å².